The van der Waals surface area contributed by atoms with Gasteiger partial charge in [-0.25, -0.2) is 0 Å². The Hall–Kier alpha value is -0.220. The first-order valence-corrected chi connectivity index (χ1v) is 6.37. The van der Waals surface area contributed by atoms with Crippen molar-refractivity contribution in [2.45, 2.75) is 24.6 Å². The van der Waals surface area contributed by atoms with Crippen LogP contribution in [0.3, 0.4) is 0 Å². The van der Waals surface area contributed by atoms with E-state index in [1.165, 1.54) is 5.75 Å². The maximum atomic E-state index is 4.04. The minimum absolute atomic E-state index is 0.350. The van der Waals surface area contributed by atoms with E-state index in [9.17, 15) is 0 Å². The fourth-order valence-electron chi connectivity index (χ4n) is 1.40. The number of rotatable bonds is 2. The molecule has 0 aliphatic carbocycles. The number of pyridine rings is 1. The molecule has 2 nitrogen and oxygen atoms in total. The van der Waals surface area contributed by atoms with Crippen LogP contribution in [0, 0.1) is 0 Å². The summed E-state index contributed by atoms with van der Waals surface area (Å²) in [5.41, 5.74) is 1.14. The SMILES string of the molecule is CC1(C)SCC1Nc1ccncc1Br. The smallest absolute Gasteiger partial charge is 0.0590 e. The fraction of sp³-hybridized carbons (Fsp3) is 0.500. The van der Waals surface area contributed by atoms with Crippen LogP contribution < -0.4 is 5.32 Å². The summed E-state index contributed by atoms with van der Waals surface area (Å²) in [6.07, 6.45) is 3.63. The Labute approximate surface area is 97.0 Å². The van der Waals surface area contributed by atoms with Crippen LogP contribution in [-0.4, -0.2) is 21.5 Å². The fourth-order valence-corrected chi connectivity index (χ4v) is 2.90. The lowest BCUT2D eigenvalue weighted by Gasteiger charge is -2.44. The Morgan fingerprint density at radius 3 is 2.93 bits per heavy atom. The molecule has 1 atom stereocenters. The Bertz CT molecular complexity index is 341. The maximum absolute atomic E-state index is 4.04. The summed E-state index contributed by atoms with van der Waals surface area (Å²) in [5, 5.41) is 3.53. The van der Waals surface area contributed by atoms with Crippen LogP contribution in [0.1, 0.15) is 13.8 Å². The second-order valence-corrected chi connectivity index (χ2v) is 6.50. The quantitative estimate of drug-likeness (QED) is 0.896. The van der Waals surface area contributed by atoms with Gasteiger partial charge in [0.15, 0.2) is 0 Å². The van der Waals surface area contributed by atoms with Crippen molar-refractivity contribution in [3.63, 3.8) is 0 Å². The number of nitrogens with one attached hydrogen (secondary N) is 1. The van der Waals surface area contributed by atoms with Crippen molar-refractivity contribution < 1.29 is 0 Å². The van der Waals surface area contributed by atoms with E-state index in [0.717, 1.165) is 10.2 Å². The molecule has 14 heavy (non-hydrogen) atoms. The molecule has 0 spiro atoms. The molecule has 0 radical (unpaired) electrons. The van der Waals surface area contributed by atoms with Gasteiger partial charge < -0.3 is 5.32 Å². The van der Waals surface area contributed by atoms with E-state index in [1.54, 1.807) is 0 Å². The number of thioether (sulfide) groups is 1. The van der Waals surface area contributed by atoms with Crippen LogP contribution in [0.5, 0.6) is 0 Å². The Morgan fingerprint density at radius 1 is 1.64 bits per heavy atom. The summed E-state index contributed by atoms with van der Waals surface area (Å²) in [4.78, 5) is 4.04. The van der Waals surface area contributed by atoms with Gasteiger partial charge in [0.25, 0.3) is 0 Å². The lowest BCUT2D eigenvalue weighted by Crippen LogP contribution is -2.50. The first-order valence-electron chi connectivity index (χ1n) is 4.59. The van der Waals surface area contributed by atoms with Gasteiger partial charge in [0.1, 0.15) is 0 Å². The highest BCUT2D eigenvalue weighted by Crippen LogP contribution is 2.42. The van der Waals surface area contributed by atoms with Gasteiger partial charge in [-0.1, -0.05) is 0 Å². The van der Waals surface area contributed by atoms with E-state index in [4.69, 9.17) is 0 Å². The van der Waals surface area contributed by atoms with Crippen LogP contribution in [0.25, 0.3) is 0 Å². The summed E-state index contributed by atoms with van der Waals surface area (Å²) >= 11 is 5.49. The predicted molar refractivity (Wildman–Crippen MR) is 65.9 cm³/mol. The summed E-state index contributed by atoms with van der Waals surface area (Å²) in [6, 6.07) is 2.56. The number of aromatic nitrogens is 1. The number of halogens is 1. The third-order valence-corrected chi connectivity index (χ3v) is 4.72. The van der Waals surface area contributed by atoms with E-state index < -0.39 is 0 Å². The first-order chi connectivity index (χ1) is 6.59. The van der Waals surface area contributed by atoms with Gasteiger partial charge in [-0.05, 0) is 35.8 Å². The molecule has 1 N–H and O–H groups in total. The Kier molecular flexibility index (Phi) is 2.75. The van der Waals surface area contributed by atoms with Crippen molar-refractivity contribution in [1.29, 1.82) is 0 Å². The topological polar surface area (TPSA) is 24.9 Å². The van der Waals surface area contributed by atoms with E-state index in [2.05, 4.69) is 40.1 Å². The van der Waals surface area contributed by atoms with Crippen molar-refractivity contribution in [2.24, 2.45) is 0 Å². The zero-order valence-electron chi connectivity index (χ0n) is 8.25. The summed E-state index contributed by atoms with van der Waals surface area (Å²) < 4.78 is 1.38. The van der Waals surface area contributed by atoms with Crippen molar-refractivity contribution in [3.05, 3.63) is 22.9 Å². The predicted octanol–water partition coefficient (Wildman–Crippen LogP) is 3.15. The third-order valence-electron chi connectivity index (χ3n) is 2.56. The largest absolute Gasteiger partial charge is 0.379 e. The standard InChI is InChI=1S/C10H13BrN2S/c1-10(2)9(6-14-10)13-8-3-4-12-5-7(8)11/h3-5,9H,6H2,1-2H3,(H,12,13). The molecule has 1 aromatic rings. The van der Waals surface area contributed by atoms with Gasteiger partial charge in [-0.15, -0.1) is 0 Å². The monoisotopic (exact) mass is 272 g/mol. The molecule has 0 aromatic carbocycles. The molecule has 1 aromatic heterocycles. The van der Waals surface area contributed by atoms with Crippen molar-refractivity contribution in [1.82, 2.24) is 4.98 Å². The van der Waals surface area contributed by atoms with Crippen molar-refractivity contribution in [2.75, 3.05) is 11.1 Å². The molecule has 1 aliphatic rings. The Balaban J connectivity index is 2.08. The molecule has 0 bridgehead atoms. The van der Waals surface area contributed by atoms with Gasteiger partial charge in [-0.2, -0.15) is 11.8 Å². The maximum Gasteiger partial charge on any atom is 0.0590 e. The zero-order valence-corrected chi connectivity index (χ0v) is 10.7. The molecule has 0 amide bonds. The number of anilines is 1. The van der Waals surface area contributed by atoms with Gasteiger partial charge in [-0.3, -0.25) is 4.98 Å². The van der Waals surface area contributed by atoms with Gasteiger partial charge in [0, 0.05) is 28.9 Å². The third kappa shape index (κ3) is 1.91. The van der Waals surface area contributed by atoms with E-state index in [-0.39, 0.29) is 0 Å². The van der Waals surface area contributed by atoms with Crippen LogP contribution >= 0.6 is 27.7 Å². The molecule has 1 fully saturated rings. The second kappa shape index (κ2) is 3.74. The number of hydrogen-bond acceptors (Lipinski definition) is 3. The van der Waals surface area contributed by atoms with E-state index in [1.807, 2.05) is 30.2 Å². The number of nitrogens with zero attached hydrogens (tertiary/aromatic N) is 1. The van der Waals surface area contributed by atoms with Gasteiger partial charge >= 0.3 is 0 Å². The molecule has 0 saturated carbocycles. The van der Waals surface area contributed by atoms with Crippen molar-refractivity contribution >= 4 is 33.4 Å². The highest BCUT2D eigenvalue weighted by atomic mass is 79.9. The van der Waals surface area contributed by atoms with Gasteiger partial charge in [0.2, 0.25) is 0 Å². The van der Waals surface area contributed by atoms with Crippen LogP contribution in [0.4, 0.5) is 5.69 Å². The first kappa shape index (κ1) is 10.3. The highest BCUT2D eigenvalue weighted by Gasteiger charge is 2.39. The molecule has 1 unspecified atom stereocenters. The highest BCUT2D eigenvalue weighted by molar-refractivity contribution is 9.10. The summed E-state index contributed by atoms with van der Waals surface area (Å²) in [6.45, 7) is 4.54. The minimum atomic E-state index is 0.350. The lowest BCUT2D eigenvalue weighted by atomic mass is 10.0. The molecular weight excluding hydrogens is 260 g/mol. The lowest BCUT2D eigenvalue weighted by molar-refractivity contribution is 0.576. The van der Waals surface area contributed by atoms with Crippen LogP contribution in [0.15, 0.2) is 22.9 Å². The average molecular weight is 273 g/mol. The molecule has 1 saturated heterocycles. The second-order valence-electron chi connectivity index (χ2n) is 3.97. The zero-order chi connectivity index (χ0) is 10.2. The molecule has 2 heterocycles. The van der Waals surface area contributed by atoms with E-state index >= 15 is 0 Å². The van der Waals surface area contributed by atoms with E-state index in [0.29, 0.717) is 10.8 Å². The summed E-state index contributed by atoms with van der Waals surface area (Å²) in [5.74, 6) is 1.18. The molecule has 4 heteroatoms. The van der Waals surface area contributed by atoms with Gasteiger partial charge in [0.05, 0.1) is 10.2 Å². The molecule has 1 aliphatic heterocycles. The molecular formula is C10H13BrN2S. The summed E-state index contributed by atoms with van der Waals surface area (Å²) in [7, 11) is 0. The Morgan fingerprint density at radius 2 is 2.43 bits per heavy atom. The van der Waals surface area contributed by atoms with Crippen LogP contribution in [-0.2, 0) is 0 Å². The number of hydrogen-bond donors (Lipinski definition) is 1. The normalized spacial score (nSPS) is 24.1. The molecule has 2 rings (SSSR count). The molecule has 76 valence electrons. The minimum Gasteiger partial charge on any atom is -0.379 e. The van der Waals surface area contributed by atoms with Crippen molar-refractivity contribution in [3.8, 4) is 0 Å². The average Bonchev–Trinajstić information content (AvgIpc) is 2.15. The van der Waals surface area contributed by atoms with Crippen LogP contribution in [0.2, 0.25) is 0 Å².